The number of thiophene rings is 1. The van der Waals surface area contributed by atoms with E-state index in [-0.39, 0.29) is 49.2 Å². The number of furan rings is 1. The van der Waals surface area contributed by atoms with Gasteiger partial charge in [-0.05, 0) is 87.7 Å². The molecule has 0 fully saturated rings. The number of pyridine rings is 2. The van der Waals surface area contributed by atoms with Gasteiger partial charge in [-0.1, -0.05) is 44.7 Å². The van der Waals surface area contributed by atoms with Crippen molar-refractivity contribution >= 4 is 49.4 Å². The van der Waals surface area contributed by atoms with Crippen LogP contribution in [0.2, 0.25) is 0 Å². The Hall–Kier alpha value is -2.86. The summed E-state index contributed by atoms with van der Waals surface area (Å²) in [5, 5.41) is 11.4. The zero-order chi connectivity index (χ0) is 32.3. The molecular formula is C36H41IrN2O3S-. The normalized spacial score (nSPS) is 14.7. The van der Waals surface area contributed by atoms with Gasteiger partial charge in [0.1, 0.15) is 0 Å². The fourth-order valence-electron chi connectivity index (χ4n) is 5.85. The SMILES string of the molecule is CCC(CC)C(=O)/C=C(\O)C(CC)CC.[2H]C([2H])([2H])c1ccc2c(n1)oc1c(-c3ccc4sc5c(c4n3)CCCC5)[c-]ccc12.[Ir]. The van der Waals surface area contributed by atoms with Crippen molar-refractivity contribution in [3.63, 3.8) is 0 Å². The van der Waals surface area contributed by atoms with Gasteiger partial charge in [0.2, 0.25) is 5.71 Å². The van der Waals surface area contributed by atoms with Gasteiger partial charge in [-0.25, -0.2) is 4.98 Å². The number of aryl methyl sites for hydroxylation is 3. The van der Waals surface area contributed by atoms with Gasteiger partial charge >= 0.3 is 0 Å². The summed E-state index contributed by atoms with van der Waals surface area (Å²) in [6.07, 6.45) is 9.61. The fourth-order valence-corrected chi connectivity index (χ4v) is 7.08. The number of benzene rings is 1. The largest absolute Gasteiger partial charge is 0.512 e. The summed E-state index contributed by atoms with van der Waals surface area (Å²) in [5.41, 5.74) is 5.07. The first-order valence-corrected chi connectivity index (χ1v) is 16.0. The molecule has 0 saturated carbocycles. The number of aromatic nitrogens is 2. The first kappa shape index (κ1) is 28.9. The second-order valence-electron chi connectivity index (χ2n) is 11.0. The maximum Gasteiger partial charge on any atom is 0.216 e. The number of carbonyl (C=O) groups excluding carboxylic acids is 1. The van der Waals surface area contributed by atoms with Crippen molar-refractivity contribution < 1.29 is 38.5 Å². The second-order valence-corrected chi connectivity index (χ2v) is 12.1. The molecule has 1 aliphatic rings. The smallest absolute Gasteiger partial charge is 0.216 e. The molecule has 43 heavy (non-hydrogen) atoms. The molecule has 0 atom stereocenters. The molecule has 4 heterocycles. The van der Waals surface area contributed by atoms with Crippen LogP contribution in [0.1, 0.15) is 86.5 Å². The zero-order valence-corrected chi connectivity index (χ0v) is 28.5. The van der Waals surface area contributed by atoms with E-state index in [1.807, 2.05) is 57.2 Å². The minimum absolute atomic E-state index is 0. The molecule has 0 spiro atoms. The first-order valence-electron chi connectivity index (χ1n) is 16.7. The van der Waals surface area contributed by atoms with Crippen LogP contribution < -0.4 is 0 Å². The van der Waals surface area contributed by atoms with Gasteiger partial charge in [-0.3, -0.25) is 9.78 Å². The van der Waals surface area contributed by atoms with Gasteiger partial charge in [0, 0.05) is 58.1 Å². The van der Waals surface area contributed by atoms with E-state index >= 15 is 0 Å². The standard InChI is InChI=1S/C23H17N2OS.C13H24O2.Ir/c1-13-9-10-15-14-6-4-7-16(22(14)26-23(15)24-13)18-11-12-20-21(25-18)17-5-2-3-8-19(17)27-20;1-5-10(6-2)12(14)9-13(15)11(7-3)8-4;/h4,6,9-12H,2-3,5,8H2,1H3;9-11,14H,5-8H2,1-4H3;/q-1;;/b;12-9-;/i1D3;;. The Balaban J connectivity index is 0.000000259. The quantitative estimate of drug-likeness (QED) is 0.0965. The molecule has 1 N–H and O–H groups in total. The molecule has 0 unspecified atom stereocenters. The average molecular weight is 777 g/mol. The van der Waals surface area contributed by atoms with Gasteiger partial charge in [0.15, 0.2) is 5.78 Å². The Morgan fingerprint density at radius 2 is 1.77 bits per heavy atom. The molecule has 7 heteroatoms. The third-order valence-corrected chi connectivity index (χ3v) is 9.68. The molecule has 1 aromatic carbocycles. The molecule has 0 saturated heterocycles. The Bertz CT molecular complexity index is 1850. The summed E-state index contributed by atoms with van der Waals surface area (Å²) < 4.78 is 30.1. The molecule has 229 valence electrons. The average Bonchev–Trinajstić information content (AvgIpc) is 3.59. The zero-order valence-electron chi connectivity index (χ0n) is 28.3. The summed E-state index contributed by atoms with van der Waals surface area (Å²) in [6, 6.07) is 14.5. The van der Waals surface area contributed by atoms with Gasteiger partial charge in [-0.15, -0.1) is 29.5 Å². The topological polar surface area (TPSA) is 76.2 Å². The number of hydrogen-bond donors (Lipinski definition) is 1. The van der Waals surface area contributed by atoms with Crippen LogP contribution in [0.4, 0.5) is 0 Å². The third-order valence-electron chi connectivity index (χ3n) is 8.43. The molecule has 4 aromatic heterocycles. The number of carbonyl (C=O) groups is 1. The van der Waals surface area contributed by atoms with Crippen LogP contribution in [-0.4, -0.2) is 20.9 Å². The number of rotatable bonds is 8. The van der Waals surface area contributed by atoms with E-state index in [2.05, 4.69) is 17.1 Å². The van der Waals surface area contributed by atoms with E-state index < -0.39 is 6.85 Å². The Morgan fingerprint density at radius 3 is 2.49 bits per heavy atom. The van der Waals surface area contributed by atoms with Crippen LogP contribution in [0.5, 0.6) is 0 Å². The van der Waals surface area contributed by atoms with Gasteiger partial charge in [-0.2, -0.15) is 0 Å². The van der Waals surface area contributed by atoms with E-state index in [1.54, 1.807) is 12.1 Å². The predicted octanol–water partition coefficient (Wildman–Crippen LogP) is 10.1. The molecular weight excluding hydrogens is 733 g/mol. The number of hydrogen-bond acceptors (Lipinski definition) is 6. The van der Waals surface area contributed by atoms with E-state index in [1.165, 1.54) is 34.1 Å². The number of aliphatic hydroxyl groups is 1. The Kier molecular flexibility index (Phi) is 9.90. The molecule has 0 bridgehead atoms. The molecule has 5 aromatic rings. The molecule has 6 rings (SSSR count). The van der Waals surface area contributed by atoms with Crippen LogP contribution >= 0.6 is 11.3 Å². The van der Waals surface area contributed by atoms with Crippen LogP contribution in [0.3, 0.4) is 0 Å². The van der Waals surface area contributed by atoms with Crippen molar-refractivity contribution in [2.24, 2.45) is 11.8 Å². The number of fused-ring (bicyclic) bond motifs is 6. The molecule has 0 amide bonds. The second kappa shape index (κ2) is 14.7. The minimum Gasteiger partial charge on any atom is -0.512 e. The summed E-state index contributed by atoms with van der Waals surface area (Å²) in [7, 11) is 0. The van der Waals surface area contributed by atoms with E-state index in [0.29, 0.717) is 11.3 Å². The molecule has 1 radical (unpaired) electrons. The fraction of sp³-hybridized carbons (Fsp3) is 0.417. The summed E-state index contributed by atoms with van der Waals surface area (Å²) in [4.78, 5) is 22.4. The van der Waals surface area contributed by atoms with Crippen LogP contribution in [-0.2, 0) is 37.7 Å². The van der Waals surface area contributed by atoms with Crippen LogP contribution in [0.25, 0.3) is 43.5 Å². The number of nitrogens with zero attached hydrogens (tertiary/aromatic N) is 2. The summed E-state index contributed by atoms with van der Waals surface area (Å²) in [5.74, 6) is 0.547. The number of aliphatic hydroxyl groups excluding tert-OH is 1. The monoisotopic (exact) mass is 777 g/mol. The van der Waals surface area contributed by atoms with Crippen molar-refractivity contribution in [3.8, 4) is 11.3 Å². The van der Waals surface area contributed by atoms with E-state index in [9.17, 15) is 9.90 Å². The number of ketones is 1. The molecule has 5 nitrogen and oxygen atoms in total. The van der Waals surface area contributed by atoms with Crippen molar-refractivity contribution in [1.82, 2.24) is 9.97 Å². The summed E-state index contributed by atoms with van der Waals surface area (Å²) >= 11 is 1.86. The van der Waals surface area contributed by atoms with Crippen molar-refractivity contribution in [2.75, 3.05) is 0 Å². The predicted molar refractivity (Wildman–Crippen MR) is 174 cm³/mol. The van der Waals surface area contributed by atoms with Gasteiger partial charge in [0.25, 0.3) is 0 Å². The Labute approximate surface area is 276 Å². The maximum atomic E-state index is 11.7. The third kappa shape index (κ3) is 6.95. The molecule has 1 aliphatic carbocycles. The van der Waals surface area contributed by atoms with Crippen molar-refractivity contribution in [2.45, 2.75) is 85.9 Å². The Morgan fingerprint density at radius 1 is 1.02 bits per heavy atom. The minimum atomic E-state index is -2.27. The van der Waals surface area contributed by atoms with E-state index in [0.717, 1.165) is 66.1 Å². The van der Waals surface area contributed by atoms with Crippen LogP contribution in [0.15, 0.2) is 52.7 Å². The van der Waals surface area contributed by atoms with Gasteiger partial charge in [0.05, 0.1) is 21.6 Å². The van der Waals surface area contributed by atoms with Crippen LogP contribution in [0, 0.1) is 24.8 Å². The maximum absolute atomic E-state index is 11.7. The number of allylic oxidation sites excluding steroid dienone is 2. The van der Waals surface area contributed by atoms with Crippen molar-refractivity contribution in [1.29, 1.82) is 0 Å². The van der Waals surface area contributed by atoms with Gasteiger partial charge < -0.3 is 9.52 Å². The molecule has 0 aliphatic heterocycles. The summed E-state index contributed by atoms with van der Waals surface area (Å²) in [6.45, 7) is 5.80. The first-order chi connectivity index (χ1) is 21.6. The van der Waals surface area contributed by atoms with Crippen molar-refractivity contribution in [3.05, 3.63) is 70.4 Å². The van der Waals surface area contributed by atoms with E-state index in [4.69, 9.17) is 13.5 Å².